The monoisotopic (exact) mass is 427 g/mol. The Morgan fingerprint density at radius 3 is 2.26 bits per heavy atom. The van der Waals surface area contributed by atoms with Crippen LogP contribution >= 0.6 is 0 Å². The molecule has 0 amide bonds. The predicted molar refractivity (Wildman–Crippen MR) is 112 cm³/mol. The van der Waals surface area contributed by atoms with E-state index < -0.39 is 37.1 Å². The van der Waals surface area contributed by atoms with Crippen LogP contribution in [0.3, 0.4) is 0 Å². The quantitative estimate of drug-likeness (QED) is 0.400. The maximum atomic E-state index is 10.3. The molecule has 0 spiro atoms. The third-order valence-corrected chi connectivity index (χ3v) is 5.28. The van der Waals surface area contributed by atoms with Gasteiger partial charge in [0.1, 0.15) is 30.5 Å². The predicted octanol–water partition coefficient (Wildman–Crippen LogP) is 1.28. The molecule has 1 fully saturated rings. The Morgan fingerprint density at radius 1 is 1.00 bits per heavy atom. The van der Waals surface area contributed by atoms with Gasteiger partial charge in [-0.2, -0.15) is 5.26 Å². The van der Waals surface area contributed by atoms with Crippen LogP contribution in [-0.4, -0.2) is 65.7 Å². The van der Waals surface area contributed by atoms with Gasteiger partial charge in [-0.05, 0) is 41.0 Å². The Kier molecular flexibility index (Phi) is 7.28. The van der Waals surface area contributed by atoms with Gasteiger partial charge in [-0.3, -0.25) is 0 Å². The van der Waals surface area contributed by atoms with Gasteiger partial charge in [0, 0.05) is 0 Å². The maximum absolute atomic E-state index is 10.3. The average molecular weight is 427 g/mol. The Hall–Kier alpha value is -2.93. The topological polar surface area (TPSA) is 132 Å². The van der Waals surface area contributed by atoms with Crippen molar-refractivity contribution in [2.24, 2.45) is 0 Å². The van der Waals surface area contributed by atoms with Crippen molar-refractivity contribution >= 4 is 11.6 Å². The molecule has 1 aliphatic heterocycles. The van der Waals surface area contributed by atoms with Gasteiger partial charge in [0.15, 0.2) is 11.5 Å². The second-order valence-electron chi connectivity index (χ2n) is 7.16. The number of hydrogen-bond donors (Lipinski definition) is 4. The van der Waals surface area contributed by atoms with Crippen LogP contribution in [0.2, 0.25) is 0 Å². The minimum Gasteiger partial charge on any atom is -0.493 e. The lowest BCUT2D eigenvalue weighted by Crippen LogP contribution is -2.55. The van der Waals surface area contributed by atoms with Crippen LogP contribution in [0.5, 0.6) is 11.5 Å². The van der Waals surface area contributed by atoms with E-state index in [2.05, 4.69) is 6.07 Å². The van der Waals surface area contributed by atoms with Gasteiger partial charge in [0.25, 0.3) is 0 Å². The molecular formula is C23H25NO7. The van der Waals surface area contributed by atoms with E-state index in [-0.39, 0.29) is 0 Å². The SMILES string of the molecule is COc1ccc(/C(C#N)=C/c2ccc([C@@H]3O[C@H](CO)[C@@H](O)[C@H](O)[C@H]3O)cc2)cc1OC. The van der Waals surface area contributed by atoms with Gasteiger partial charge in [-0.15, -0.1) is 0 Å². The molecule has 8 heteroatoms. The largest absolute Gasteiger partial charge is 0.493 e. The van der Waals surface area contributed by atoms with Crippen molar-refractivity contribution in [3.8, 4) is 17.6 Å². The molecule has 0 radical (unpaired) electrons. The summed E-state index contributed by atoms with van der Waals surface area (Å²) in [7, 11) is 3.06. The number of aliphatic hydroxyl groups is 4. The van der Waals surface area contributed by atoms with E-state index in [1.807, 2.05) is 0 Å². The fourth-order valence-electron chi connectivity index (χ4n) is 3.51. The number of allylic oxidation sites excluding steroid dienone is 1. The molecule has 0 unspecified atom stereocenters. The summed E-state index contributed by atoms with van der Waals surface area (Å²) in [5.41, 5.74) is 2.39. The lowest BCUT2D eigenvalue weighted by molar-refractivity contribution is -0.231. The highest BCUT2D eigenvalue weighted by atomic mass is 16.5. The minimum absolute atomic E-state index is 0.418. The Labute approximate surface area is 180 Å². The molecular weight excluding hydrogens is 402 g/mol. The summed E-state index contributed by atoms with van der Waals surface area (Å²) >= 11 is 0. The van der Waals surface area contributed by atoms with E-state index >= 15 is 0 Å². The third kappa shape index (κ3) is 4.71. The van der Waals surface area contributed by atoms with Gasteiger partial charge in [-0.25, -0.2) is 0 Å². The van der Waals surface area contributed by atoms with E-state index in [9.17, 15) is 25.7 Å². The number of ether oxygens (including phenoxy) is 3. The van der Waals surface area contributed by atoms with Crippen LogP contribution in [0.15, 0.2) is 42.5 Å². The second-order valence-corrected chi connectivity index (χ2v) is 7.16. The Balaban J connectivity index is 1.85. The lowest BCUT2D eigenvalue weighted by atomic mass is 9.91. The van der Waals surface area contributed by atoms with Crippen molar-refractivity contribution in [1.29, 1.82) is 5.26 Å². The number of nitrogens with zero attached hydrogens (tertiary/aromatic N) is 1. The smallest absolute Gasteiger partial charge is 0.161 e. The summed E-state index contributed by atoms with van der Waals surface area (Å²) in [5, 5.41) is 49.1. The fraction of sp³-hybridized carbons (Fsp3) is 0.348. The van der Waals surface area contributed by atoms with Crippen LogP contribution in [0.4, 0.5) is 0 Å². The zero-order chi connectivity index (χ0) is 22.5. The first-order valence-corrected chi connectivity index (χ1v) is 9.68. The van der Waals surface area contributed by atoms with Crippen LogP contribution in [0.25, 0.3) is 11.6 Å². The highest BCUT2D eigenvalue weighted by Gasteiger charge is 2.43. The molecule has 5 atom stereocenters. The summed E-state index contributed by atoms with van der Waals surface area (Å²) in [6.07, 6.45) is -4.37. The fourth-order valence-corrected chi connectivity index (χ4v) is 3.51. The number of methoxy groups -OCH3 is 2. The van der Waals surface area contributed by atoms with Crippen LogP contribution in [0, 0.1) is 11.3 Å². The highest BCUT2D eigenvalue weighted by molar-refractivity contribution is 5.90. The molecule has 1 heterocycles. The van der Waals surface area contributed by atoms with Crippen LogP contribution in [0.1, 0.15) is 22.8 Å². The van der Waals surface area contributed by atoms with Gasteiger partial charge in [0.05, 0.1) is 32.5 Å². The maximum Gasteiger partial charge on any atom is 0.161 e. The lowest BCUT2D eigenvalue weighted by Gasteiger charge is -2.40. The standard InChI is InChI=1S/C23H25NO7/c1-29-17-8-7-15(10-18(17)30-2)16(11-24)9-13-3-5-14(6-4-13)23-22(28)21(27)20(26)19(12-25)31-23/h3-10,19-23,25-28H,12H2,1-2H3/b16-9+/t19-,20-,21+,22-,23+/m1/s1. The molecule has 8 nitrogen and oxygen atoms in total. The Bertz CT molecular complexity index is 965. The molecule has 31 heavy (non-hydrogen) atoms. The molecule has 1 aliphatic rings. The molecule has 2 aromatic rings. The second kappa shape index (κ2) is 9.92. The number of aliphatic hydroxyl groups excluding tert-OH is 4. The first-order chi connectivity index (χ1) is 14.9. The molecule has 3 rings (SSSR count). The van der Waals surface area contributed by atoms with Gasteiger partial charge in [0.2, 0.25) is 0 Å². The van der Waals surface area contributed by atoms with Crippen molar-refractivity contribution in [2.75, 3.05) is 20.8 Å². The first kappa shape index (κ1) is 22.7. The highest BCUT2D eigenvalue weighted by Crippen LogP contribution is 2.33. The van der Waals surface area contributed by atoms with E-state index in [0.717, 1.165) is 5.56 Å². The molecule has 0 aromatic heterocycles. The van der Waals surface area contributed by atoms with Gasteiger partial charge >= 0.3 is 0 Å². The summed E-state index contributed by atoms with van der Waals surface area (Å²) in [4.78, 5) is 0. The van der Waals surface area contributed by atoms with Crippen LogP contribution < -0.4 is 9.47 Å². The van der Waals surface area contributed by atoms with Crippen molar-refractivity contribution in [3.63, 3.8) is 0 Å². The van der Waals surface area contributed by atoms with Gasteiger partial charge < -0.3 is 34.6 Å². The van der Waals surface area contributed by atoms with Crippen LogP contribution in [-0.2, 0) is 4.74 Å². The molecule has 4 N–H and O–H groups in total. The summed E-state index contributed by atoms with van der Waals surface area (Å²) in [6.45, 7) is -0.487. The molecule has 1 saturated heterocycles. The summed E-state index contributed by atoms with van der Waals surface area (Å²) < 4.78 is 16.1. The van der Waals surface area contributed by atoms with Gasteiger partial charge in [-0.1, -0.05) is 24.3 Å². The molecule has 2 aromatic carbocycles. The molecule has 0 bridgehead atoms. The number of hydrogen-bond acceptors (Lipinski definition) is 8. The molecule has 0 saturated carbocycles. The average Bonchev–Trinajstić information content (AvgIpc) is 2.81. The Morgan fingerprint density at radius 2 is 1.68 bits per heavy atom. The van der Waals surface area contributed by atoms with Crippen molar-refractivity contribution in [1.82, 2.24) is 0 Å². The zero-order valence-electron chi connectivity index (χ0n) is 17.2. The van der Waals surface area contributed by atoms with E-state index in [1.54, 1.807) is 48.5 Å². The summed E-state index contributed by atoms with van der Waals surface area (Å²) in [6, 6.07) is 14.3. The third-order valence-electron chi connectivity index (χ3n) is 5.28. The zero-order valence-corrected chi connectivity index (χ0v) is 17.2. The van der Waals surface area contributed by atoms with E-state index in [1.165, 1.54) is 14.2 Å². The van der Waals surface area contributed by atoms with Crippen molar-refractivity contribution < 1.29 is 34.6 Å². The first-order valence-electron chi connectivity index (χ1n) is 9.68. The molecule has 0 aliphatic carbocycles. The van der Waals surface area contributed by atoms with E-state index in [4.69, 9.17) is 14.2 Å². The normalized spacial score (nSPS) is 26.2. The molecule has 164 valence electrons. The van der Waals surface area contributed by atoms with Crippen molar-refractivity contribution in [3.05, 3.63) is 59.2 Å². The number of benzene rings is 2. The minimum atomic E-state index is -1.44. The summed E-state index contributed by atoms with van der Waals surface area (Å²) in [5.74, 6) is 1.08. The number of rotatable bonds is 6. The van der Waals surface area contributed by atoms with Crippen molar-refractivity contribution in [2.45, 2.75) is 30.5 Å². The number of nitriles is 1. The van der Waals surface area contributed by atoms with E-state index in [0.29, 0.717) is 28.2 Å².